The van der Waals surface area contributed by atoms with Crippen LogP contribution in [0, 0.1) is 0 Å². The molecule has 1 fully saturated rings. The molecule has 0 saturated carbocycles. The molecular weight excluding hydrogens is 222 g/mol. The Hall–Kier alpha value is -0.810. The summed E-state index contributed by atoms with van der Waals surface area (Å²) in [7, 11) is 0. The molecule has 1 heterocycles. The molecule has 0 aromatic heterocycles. The zero-order valence-electron chi connectivity index (χ0n) is 11.1. The predicted molar refractivity (Wildman–Crippen MR) is 63.8 cm³/mol. The van der Waals surface area contributed by atoms with Crippen molar-refractivity contribution >= 4 is 6.09 Å². The third kappa shape index (κ3) is 4.52. The van der Waals surface area contributed by atoms with E-state index >= 15 is 0 Å². The second-order valence-corrected chi connectivity index (χ2v) is 5.31. The van der Waals surface area contributed by atoms with E-state index in [1.54, 1.807) is 4.90 Å². The van der Waals surface area contributed by atoms with Gasteiger partial charge in [0.2, 0.25) is 0 Å². The number of rotatable bonds is 2. The number of aliphatic hydroxyl groups is 1. The summed E-state index contributed by atoms with van der Waals surface area (Å²) in [6.45, 7) is 8.75. The van der Waals surface area contributed by atoms with Crippen LogP contribution in [0.15, 0.2) is 0 Å². The molecule has 1 saturated heterocycles. The quantitative estimate of drug-likeness (QED) is 0.798. The summed E-state index contributed by atoms with van der Waals surface area (Å²) in [6.07, 6.45) is -0.553. The van der Waals surface area contributed by atoms with Crippen molar-refractivity contribution in [1.29, 1.82) is 0 Å². The van der Waals surface area contributed by atoms with Gasteiger partial charge >= 0.3 is 6.09 Å². The van der Waals surface area contributed by atoms with Crippen LogP contribution in [0.4, 0.5) is 4.79 Å². The van der Waals surface area contributed by atoms with Crippen molar-refractivity contribution in [1.82, 2.24) is 4.90 Å². The number of nitrogens with zero attached hydrogens (tertiary/aromatic N) is 1. The molecule has 100 valence electrons. The molecule has 5 heteroatoms. The number of morpholine rings is 1. The molecule has 0 spiro atoms. The van der Waals surface area contributed by atoms with E-state index in [0.29, 0.717) is 26.1 Å². The van der Waals surface area contributed by atoms with Crippen LogP contribution in [0.5, 0.6) is 0 Å². The van der Waals surface area contributed by atoms with Gasteiger partial charge in [-0.3, -0.25) is 0 Å². The Labute approximate surface area is 103 Å². The summed E-state index contributed by atoms with van der Waals surface area (Å²) < 4.78 is 10.7. The maximum atomic E-state index is 11.8. The van der Waals surface area contributed by atoms with Gasteiger partial charge in [-0.2, -0.15) is 0 Å². The SMILES string of the molecule is CC[C@@H](O)C1CN(C(=O)OC(C)(C)C)CCO1. The average molecular weight is 245 g/mol. The van der Waals surface area contributed by atoms with Gasteiger partial charge in [-0.15, -0.1) is 0 Å². The molecule has 5 nitrogen and oxygen atoms in total. The van der Waals surface area contributed by atoms with Crippen LogP contribution in [0.25, 0.3) is 0 Å². The summed E-state index contributed by atoms with van der Waals surface area (Å²) in [5.74, 6) is 0. The summed E-state index contributed by atoms with van der Waals surface area (Å²) in [6, 6.07) is 0. The van der Waals surface area contributed by atoms with Gasteiger partial charge in [-0.05, 0) is 27.2 Å². The van der Waals surface area contributed by atoms with Crippen molar-refractivity contribution in [3.8, 4) is 0 Å². The molecular formula is C12H23NO4. The van der Waals surface area contributed by atoms with Gasteiger partial charge in [0.25, 0.3) is 0 Å². The Kier molecular flexibility index (Phi) is 4.77. The van der Waals surface area contributed by atoms with Gasteiger partial charge in [0.15, 0.2) is 0 Å². The topological polar surface area (TPSA) is 59.0 Å². The van der Waals surface area contributed by atoms with E-state index in [0.717, 1.165) is 0 Å². The standard InChI is InChI=1S/C12H23NO4/c1-5-9(14)10-8-13(6-7-16-10)11(15)17-12(2,3)4/h9-10,14H,5-8H2,1-4H3/t9-,10?/m1/s1. The van der Waals surface area contributed by atoms with E-state index in [-0.39, 0.29) is 12.2 Å². The lowest BCUT2D eigenvalue weighted by Gasteiger charge is -2.35. The highest BCUT2D eigenvalue weighted by Gasteiger charge is 2.30. The lowest BCUT2D eigenvalue weighted by molar-refractivity contribution is -0.0898. The fraction of sp³-hybridized carbons (Fsp3) is 0.917. The fourth-order valence-electron chi connectivity index (χ4n) is 1.66. The third-order valence-corrected chi connectivity index (χ3v) is 2.59. The lowest BCUT2D eigenvalue weighted by atomic mass is 10.1. The Bertz CT molecular complexity index is 262. The molecule has 0 aliphatic carbocycles. The zero-order chi connectivity index (χ0) is 13.1. The number of carbonyl (C=O) groups excluding carboxylic acids is 1. The maximum Gasteiger partial charge on any atom is 0.410 e. The van der Waals surface area contributed by atoms with Crippen LogP contribution < -0.4 is 0 Å². The second-order valence-electron chi connectivity index (χ2n) is 5.31. The minimum absolute atomic E-state index is 0.304. The Morgan fingerprint density at radius 3 is 2.76 bits per heavy atom. The highest BCUT2D eigenvalue weighted by Crippen LogP contribution is 2.15. The average Bonchev–Trinajstić information content (AvgIpc) is 2.26. The molecule has 1 aliphatic rings. The zero-order valence-corrected chi connectivity index (χ0v) is 11.1. The van der Waals surface area contributed by atoms with Gasteiger partial charge in [-0.25, -0.2) is 4.79 Å². The first kappa shape index (κ1) is 14.3. The molecule has 1 rings (SSSR count). The molecule has 0 bridgehead atoms. The monoisotopic (exact) mass is 245 g/mol. The fourth-order valence-corrected chi connectivity index (χ4v) is 1.66. The van der Waals surface area contributed by atoms with Gasteiger partial charge in [0, 0.05) is 6.54 Å². The maximum absolute atomic E-state index is 11.8. The van der Waals surface area contributed by atoms with Crippen molar-refractivity contribution in [2.75, 3.05) is 19.7 Å². The van der Waals surface area contributed by atoms with Crippen LogP contribution in [-0.4, -0.2) is 53.6 Å². The normalized spacial score (nSPS) is 23.4. The number of carbonyl (C=O) groups is 1. The van der Waals surface area contributed by atoms with E-state index in [1.807, 2.05) is 27.7 Å². The van der Waals surface area contributed by atoms with E-state index < -0.39 is 11.7 Å². The molecule has 0 aromatic carbocycles. The van der Waals surface area contributed by atoms with Gasteiger partial charge in [0.1, 0.15) is 11.7 Å². The third-order valence-electron chi connectivity index (χ3n) is 2.59. The van der Waals surface area contributed by atoms with Crippen LogP contribution in [0.1, 0.15) is 34.1 Å². The van der Waals surface area contributed by atoms with Crippen molar-refractivity contribution in [3.63, 3.8) is 0 Å². The number of hydrogen-bond donors (Lipinski definition) is 1. The van der Waals surface area contributed by atoms with E-state index in [2.05, 4.69) is 0 Å². The van der Waals surface area contributed by atoms with E-state index in [4.69, 9.17) is 9.47 Å². The van der Waals surface area contributed by atoms with Gasteiger partial charge < -0.3 is 19.5 Å². The first-order valence-corrected chi connectivity index (χ1v) is 6.11. The molecule has 17 heavy (non-hydrogen) atoms. The van der Waals surface area contributed by atoms with Crippen molar-refractivity contribution in [3.05, 3.63) is 0 Å². The molecule has 1 aliphatic heterocycles. The van der Waals surface area contributed by atoms with Crippen molar-refractivity contribution < 1.29 is 19.4 Å². The smallest absolute Gasteiger partial charge is 0.410 e. The van der Waals surface area contributed by atoms with Crippen LogP contribution >= 0.6 is 0 Å². The van der Waals surface area contributed by atoms with E-state index in [9.17, 15) is 9.90 Å². The number of ether oxygens (including phenoxy) is 2. The van der Waals surface area contributed by atoms with Crippen molar-refractivity contribution in [2.24, 2.45) is 0 Å². The van der Waals surface area contributed by atoms with Crippen LogP contribution in [0.3, 0.4) is 0 Å². The van der Waals surface area contributed by atoms with E-state index in [1.165, 1.54) is 0 Å². The van der Waals surface area contributed by atoms with Gasteiger partial charge in [-0.1, -0.05) is 6.92 Å². The second kappa shape index (κ2) is 5.69. The highest BCUT2D eigenvalue weighted by atomic mass is 16.6. The number of hydrogen-bond acceptors (Lipinski definition) is 4. The number of amides is 1. The summed E-state index contributed by atoms with van der Waals surface area (Å²) in [5, 5.41) is 9.71. The Morgan fingerprint density at radius 2 is 2.24 bits per heavy atom. The van der Waals surface area contributed by atoms with Crippen molar-refractivity contribution in [2.45, 2.75) is 51.9 Å². The summed E-state index contributed by atoms with van der Waals surface area (Å²) in [5.41, 5.74) is -0.492. The molecule has 0 radical (unpaired) electrons. The number of aliphatic hydroxyl groups excluding tert-OH is 1. The van der Waals surface area contributed by atoms with Crippen LogP contribution in [0.2, 0.25) is 0 Å². The molecule has 1 amide bonds. The van der Waals surface area contributed by atoms with Crippen LogP contribution in [-0.2, 0) is 9.47 Å². The summed E-state index contributed by atoms with van der Waals surface area (Å²) in [4.78, 5) is 13.4. The minimum atomic E-state index is -0.528. The summed E-state index contributed by atoms with van der Waals surface area (Å²) >= 11 is 0. The molecule has 1 unspecified atom stereocenters. The predicted octanol–water partition coefficient (Wildman–Crippen LogP) is 1.39. The first-order valence-electron chi connectivity index (χ1n) is 6.11. The first-order chi connectivity index (χ1) is 7.83. The largest absolute Gasteiger partial charge is 0.444 e. The molecule has 1 N–H and O–H groups in total. The Balaban J connectivity index is 2.52. The molecule has 2 atom stereocenters. The highest BCUT2D eigenvalue weighted by molar-refractivity contribution is 5.68. The lowest BCUT2D eigenvalue weighted by Crippen LogP contribution is -2.50. The Morgan fingerprint density at radius 1 is 1.59 bits per heavy atom. The minimum Gasteiger partial charge on any atom is -0.444 e. The molecule has 0 aromatic rings. The van der Waals surface area contributed by atoms with Gasteiger partial charge in [0.05, 0.1) is 19.3 Å².